The van der Waals surface area contributed by atoms with Gasteiger partial charge in [0.1, 0.15) is 11.6 Å². The first-order chi connectivity index (χ1) is 19.5. The molecule has 0 aliphatic rings. The minimum absolute atomic E-state index is 0.385. The molecule has 2 aromatic carbocycles. The lowest BCUT2D eigenvalue weighted by Gasteiger charge is -2.16. The second-order valence-electron chi connectivity index (χ2n) is 9.89. The first kappa shape index (κ1) is 33.2. The summed E-state index contributed by atoms with van der Waals surface area (Å²) in [4.78, 5) is 28.2. The van der Waals surface area contributed by atoms with Crippen molar-refractivity contribution < 1.29 is 19.1 Å². The third-order valence-corrected chi connectivity index (χ3v) is 7.36. The van der Waals surface area contributed by atoms with Crippen LogP contribution in [0.2, 0.25) is 0 Å². The second kappa shape index (κ2) is 15.7. The van der Waals surface area contributed by atoms with E-state index in [1.807, 2.05) is 38.4 Å². The van der Waals surface area contributed by atoms with E-state index < -0.39 is 5.91 Å². The van der Waals surface area contributed by atoms with Gasteiger partial charge in [0, 0.05) is 37.2 Å². The van der Waals surface area contributed by atoms with Crippen LogP contribution in [-0.2, 0) is 4.74 Å². The molecule has 0 atom stereocenters. The largest absolute Gasteiger partial charge is 0.496 e. The fourth-order valence-corrected chi connectivity index (χ4v) is 5.14. The van der Waals surface area contributed by atoms with E-state index in [0.29, 0.717) is 17.2 Å². The van der Waals surface area contributed by atoms with Crippen LogP contribution < -0.4 is 10.5 Å². The molecule has 0 unspecified atom stereocenters. The van der Waals surface area contributed by atoms with Gasteiger partial charge in [0.2, 0.25) is 0 Å². The van der Waals surface area contributed by atoms with Crippen LogP contribution in [-0.4, -0.2) is 43.1 Å². The van der Waals surface area contributed by atoms with Crippen LogP contribution >= 0.6 is 11.3 Å². The zero-order chi connectivity index (χ0) is 30.7. The average Bonchev–Trinajstić information content (AvgIpc) is 3.52. The number of amides is 1. The Hall–Kier alpha value is -4.01. The number of hydrogen-bond acceptors (Lipinski definition) is 6. The second-order valence-corrected chi connectivity index (χ2v) is 11.0. The Morgan fingerprint density at radius 3 is 2.12 bits per heavy atom. The smallest absolute Gasteiger partial charge is 0.252 e. The van der Waals surface area contributed by atoms with Gasteiger partial charge in [-0.15, -0.1) is 11.3 Å². The number of aryl methyl sites for hydroxylation is 4. The first-order valence-electron chi connectivity index (χ1n) is 13.2. The van der Waals surface area contributed by atoms with E-state index in [-0.39, 0.29) is 0 Å². The number of aromatic nitrogens is 2. The van der Waals surface area contributed by atoms with E-state index in [0.717, 1.165) is 38.7 Å². The third kappa shape index (κ3) is 8.99. The van der Waals surface area contributed by atoms with Crippen LogP contribution in [0.25, 0.3) is 17.3 Å². The van der Waals surface area contributed by atoms with Crippen molar-refractivity contribution in [2.24, 2.45) is 11.7 Å². The molecule has 2 heterocycles. The fraction of sp³-hybridized carbons (Fsp3) is 0.303. The highest BCUT2D eigenvalue weighted by atomic mass is 32.1. The molecule has 4 rings (SSSR count). The molecule has 8 heteroatoms. The number of nitrogens with zero attached hydrogens (tertiary/aromatic N) is 2. The molecule has 1 amide bonds. The van der Waals surface area contributed by atoms with Gasteiger partial charge in [-0.1, -0.05) is 26.0 Å². The quantitative estimate of drug-likeness (QED) is 0.235. The zero-order valence-electron chi connectivity index (χ0n) is 25.4. The van der Waals surface area contributed by atoms with Gasteiger partial charge in [0.25, 0.3) is 5.91 Å². The van der Waals surface area contributed by atoms with E-state index in [1.54, 1.807) is 37.7 Å². The monoisotopic (exact) mass is 575 g/mol. The van der Waals surface area contributed by atoms with Crippen LogP contribution in [0.15, 0.2) is 54.9 Å². The highest BCUT2D eigenvalue weighted by molar-refractivity contribution is 7.14. The van der Waals surface area contributed by atoms with E-state index in [2.05, 4.69) is 66.3 Å². The number of hydrogen-bond donors (Lipinski definition) is 1. The number of carbonyl (C=O) groups is 2. The first-order valence-corrected chi connectivity index (χ1v) is 14.0. The number of benzene rings is 2. The highest BCUT2D eigenvalue weighted by Gasteiger charge is 2.13. The Balaban J connectivity index is 0.000000327. The number of methoxy groups -OCH3 is 2. The van der Waals surface area contributed by atoms with Crippen molar-refractivity contribution >= 4 is 35.2 Å². The zero-order valence-corrected chi connectivity index (χ0v) is 26.3. The van der Waals surface area contributed by atoms with Crippen molar-refractivity contribution in [1.29, 1.82) is 0 Å². The van der Waals surface area contributed by atoms with Crippen LogP contribution in [0.1, 0.15) is 66.8 Å². The van der Waals surface area contributed by atoms with Crippen LogP contribution in [0, 0.1) is 33.6 Å². The van der Waals surface area contributed by atoms with E-state index in [4.69, 9.17) is 10.5 Å². The average molecular weight is 576 g/mol. The SMILES string of the molecule is COC.COc1cc(C)ccc1C(N)=O.Cc1cc(-n2ccnc2C)ccc1/C(=C/c1sc(C=O)cc1C)C(C)C. The highest BCUT2D eigenvalue weighted by Crippen LogP contribution is 2.33. The number of allylic oxidation sites excluding steroid dienone is 1. The number of ether oxygens (including phenoxy) is 2. The number of primary amides is 1. The molecule has 7 nitrogen and oxygen atoms in total. The molecule has 2 N–H and O–H groups in total. The fourth-order valence-electron chi connectivity index (χ4n) is 4.19. The van der Waals surface area contributed by atoms with Gasteiger partial charge in [0.05, 0.1) is 17.6 Å². The maximum Gasteiger partial charge on any atom is 0.252 e. The van der Waals surface area contributed by atoms with Crippen LogP contribution in [0.4, 0.5) is 0 Å². The Morgan fingerprint density at radius 2 is 1.63 bits per heavy atom. The van der Waals surface area contributed by atoms with E-state index >= 15 is 0 Å². The molecule has 0 bridgehead atoms. The van der Waals surface area contributed by atoms with Gasteiger partial charge in [-0.3, -0.25) is 9.59 Å². The van der Waals surface area contributed by atoms with Crippen molar-refractivity contribution in [2.75, 3.05) is 21.3 Å². The van der Waals surface area contributed by atoms with E-state index in [9.17, 15) is 9.59 Å². The summed E-state index contributed by atoms with van der Waals surface area (Å²) in [7, 11) is 4.77. The van der Waals surface area contributed by atoms with Crippen molar-refractivity contribution in [3.05, 3.63) is 98.3 Å². The molecule has 4 aromatic rings. The lowest BCUT2D eigenvalue weighted by Crippen LogP contribution is -2.12. The van der Waals surface area contributed by atoms with Crippen LogP contribution in [0.5, 0.6) is 5.75 Å². The van der Waals surface area contributed by atoms with Gasteiger partial charge >= 0.3 is 0 Å². The summed E-state index contributed by atoms with van der Waals surface area (Å²) >= 11 is 1.55. The Bertz CT molecular complexity index is 1500. The maximum atomic E-state index is 11.1. The van der Waals surface area contributed by atoms with Crippen molar-refractivity contribution in [1.82, 2.24) is 9.55 Å². The van der Waals surface area contributed by atoms with Gasteiger partial charge in [0.15, 0.2) is 6.29 Å². The molecule has 41 heavy (non-hydrogen) atoms. The predicted octanol–water partition coefficient (Wildman–Crippen LogP) is 7.23. The van der Waals surface area contributed by atoms with E-state index in [1.165, 1.54) is 23.8 Å². The summed E-state index contributed by atoms with van der Waals surface area (Å²) in [6, 6.07) is 13.8. The number of imidazole rings is 1. The number of carbonyl (C=O) groups excluding carboxylic acids is 2. The number of rotatable bonds is 7. The van der Waals surface area contributed by atoms with Crippen molar-refractivity contribution in [3.8, 4) is 11.4 Å². The lowest BCUT2D eigenvalue weighted by atomic mass is 9.91. The predicted molar refractivity (Wildman–Crippen MR) is 169 cm³/mol. The minimum atomic E-state index is -0.466. The summed E-state index contributed by atoms with van der Waals surface area (Å²) < 4.78 is 11.3. The molecule has 2 aromatic heterocycles. The van der Waals surface area contributed by atoms with Gasteiger partial charge < -0.3 is 19.8 Å². The maximum absolute atomic E-state index is 11.1. The summed E-state index contributed by atoms with van der Waals surface area (Å²) in [5.41, 5.74) is 12.6. The number of thiophene rings is 1. The van der Waals surface area contributed by atoms with Gasteiger partial charge in [-0.05, 0) is 97.8 Å². The van der Waals surface area contributed by atoms with Gasteiger partial charge in [-0.25, -0.2) is 4.98 Å². The third-order valence-electron chi connectivity index (χ3n) is 6.25. The molecular formula is C33H41N3O4S. The van der Waals surface area contributed by atoms with Crippen LogP contribution in [0.3, 0.4) is 0 Å². The summed E-state index contributed by atoms with van der Waals surface area (Å²) in [5, 5.41) is 0. The topological polar surface area (TPSA) is 96.4 Å². The lowest BCUT2D eigenvalue weighted by molar-refractivity contribution is 0.0997. The summed E-state index contributed by atoms with van der Waals surface area (Å²) in [6.45, 7) is 12.6. The molecule has 218 valence electrons. The summed E-state index contributed by atoms with van der Waals surface area (Å²) in [5.74, 6) is 1.43. The molecule has 0 radical (unpaired) electrons. The Labute approximate surface area is 247 Å². The molecular weight excluding hydrogens is 534 g/mol. The molecule has 0 saturated carbocycles. The summed E-state index contributed by atoms with van der Waals surface area (Å²) in [6.07, 6.45) is 6.97. The standard InChI is InChI=1S/C22H24N2OS.C9H11NO2.C2H6O/c1-14(2)21(12-22-16(4)11-19(13-25)26-22)20-7-6-18(10-15(20)3)24-9-8-23-17(24)5;1-6-3-4-7(9(10)11)8(5-6)12-2;1-3-2/h6-14H,1-5H3;3-5H,1-2H3,(H2,10,11);1-2H3/b21-12+;;. The van der Waals surface area contributed by atoms with Crippen molar-refractivity contribution in [3.63, 3.8) is 0 Å². The Kier molecular flexibility index (Phi) is 12.7. The Morgan fingerprint density at radius 1 is 0.976 bits per heavy atom. The minimum Gasteiger partial charge on any atom is -0.496 e. The molecule has 0 aliphatic carbocycles. The molecule has 0 spiro atoms. The molecule has 0 aliphatic heterocycles. The number of nitrogens with two attached hydrogens (primary N) is 1. The normalized spacial score (nSPS) is 10.8. The molecule has 0 saturated heterocycles. The van der Waals surface area contributed by atoms with Crippen molar-refractivity contribution in [2.45, 2.75) is 41.5 Å². The van der Waals surface area contributed by atoms with Gasteiger partial charge in [-0.2, -0.15) is 0 Å². The molecule has 0 fully saturated rings. The number of aldehydes is 1.